The van der Waals surface area contributed by atoms with E-state index in [-0.39, 0.29) is 13.6 Å². The molecule has 0 unspecified atom stereocenters. The fourth-order valence-corrected chi connectivity index (χ4v) is 1.38. The van der Waals surface area contributed by atoms with Gasteiger partial charge in [0.1, 0.15) is 5.75 Å². The number of hydrogen-bond donors (Lipinski definition) is 1. The Kier molecular flexibility index (Phi) is 2.94. The predicted octanol–water partition coefficient (Wildman–Crippen LogP) is 0.857. The van der Waals surface area contributed by atoms with Crippen molar-refractivity contribution in [3.05, 3.63) is 17.7 Å². The number of benzene rings is 1. The molecule has 0 atom stereocenters. The van der Waals surface area contributed by atoms with Crippen molar-refractivity contribution in [2.45, 2.75) is 6.54 Å². The summed E-state index contributed by atoms with van der Waals surface area (Å²) >= 11 is 0. The summed E-state index contributed by atoms with van der Waals surface area (Å²) in [5.41, 5.74) is 6.47. The van der Waals surface area contributed by atoms with Gasteiger partial charge in [0.15, 0.2) is 18.3 Å². The second kappa shape index (κ2) is 4.37. The van der Waals surface area contributed by atoms with Crippen LogP contribution in [-0.4, -0.2) is 20.7 Å². The van der Waals surface area contributed by atoms with E-state index in [9.17, 15) is 0 Å². The van der Waals surface area contributed by atoms with E-state index < -0.39 is 0 Å². The zero-order valence-corrected chi connectivity index (χ0v) is 8.49. The van der Waals surface area contributed by atoms with Gasteiger partial charge in [-0.3, -0.25) is 0 Å². The maximum Gasteiger partial charge on any atom is 0.231 e. The molecular weight excluding hydrogens is 198 g/mol. The fraction of sp³-hybridized carbons (Fsp3) is 0.400. The minimum atomic E-state index is 0.187. The Morgan fingerprint density at radius 2 is 2.07 bits per heavy atom. The Balaban J connectivity index is 2.27. The highest BCUT2D eigenvalue weighted by atomic mass is 16.7. The molecule has 1 aromatic rings. The molecule has 0 bridgehead atoms. The van der Waals surface area contributed by atoms with Gasteiger partial charge in [-0.15, -0.1) is 0 Å². The molecule has 0 aliphatic carbocycles. The van der Waals surface area contributed by atoms with Crippen LogP contribution in [0.25, 0.3) is 0 Å². The molecule has 0 saturated carbocycles. The normalized spacial score (nSPS) is 12.9. The largest absolute Gasteiger partial charge is 0.467 e. The van der Waals surface area contributed by atoms with Gasteiger partial charge in [0.2, 0.25) is 6.79 Å². The average Bonchev–Trinajstić information content (AvgIpc) is 2.71. The SMILES string of the molecule is COCOc1cc2c(cc1CN)OCO2. The van der Waals surface area contributed by atoms with Gasteiger partial charge >= 0.3 is 0 Å². The van der Waals surface area contributed by atoms with Crippen LogP contribution in [0.4, 0.5) is 0 Å². The Bertz CT molecular complexity index is 354. The molecule has 0 saturated heterocycles. The van der Waals surface area contributed by atoms with Crippen LogP contribution in [0.3, 0.4) is 0 Å². The van der Waals surface area contributed by atoms with E-state index >= 15 is 0 Å². The summed E-state index contributed by atoms with van der Waals surface area (Å²) in [5, 5.41) is 0. The molecule has 1 heterocycles. The maximum atomic E-state index is 5.60. The first-order valence-electron chi connectivity index (χ1n) is 4.59. The van der Waals surface area contributed by atoms with Crippen molar-refractivity contribution in [1.82, 2.24) is 0 Å². The third-order valence-corrected chi connectivity index (χ3v) is 2.11. The van der Waals surface area contributed by atoms with Crippen LogP contribution >= 0.6 is 0 Å². The smallest absolute Gasteiger partial charge is 0.231 e. The first-order chi connectivity index (χ1) is 7.35. The van der Waals surface area contributed by atoms with Crippen molar-refractivity contribution in [1.29, 1.82) is 0 Å². The van der Waals surface area contributed by atoms with Crippen LogP contribution in [0, 0.1) is 0 Å². The van der Waals surface area contributed by atoms with E-state index in [1.54, 1.807) is 13.2 Å². The Labute approximate surface area is 87.7 Å². The van der Waals surface area contributed by atoms with Crippen LogP contribution in [0.2, 0.25) is 0 Å². The zero-order chi connectivity index (χ0) is 10.7. The molecule has 0 amide bonds. The highest BCUT2D eigenvalue weighted by molar-refractivity contribution is 5.51. The minimum Gasteiger partial charge on any atom is -0.467 e. The second-order valence-electron chi connectivity index (χ2n) is 3.07. The lowest BCUT2D eigenvalue weighted by Gasteiger charge is -2.10. The molecule has 0 spiro atoms. The van der Waals surface area contributed by atoms with Gasteiger partial charge in [-0.25, -0.2) is 0 Å². The predicted molar refractivity (Wildman–Crippen MR) is 53.0 cm³/mol. The monoisotopic (exact) mass is 211 g/mol. The van der Waals surface area contributed by atoms with Crippen LogP contribution in [-0.2, 0) is 11.3 Å². The van der Waals surface area contributed by atoms with Gasteiger partial charge in [-0.1, -0.05) is 0 Å². The highest BCUT2D eigenvalue weighted by Gasteiger charge is 2.17. The molecule has 15 heavy (non-hydrogen) atoms. The van der Waals surface area contributed by atoms with Gasteiger partial charge in [0.25, 0.3) is 0 Å². The standard InChI is InChI=1S/C10H13NO4/c1-12-5-13-8-3-10-9(14-6-15-10)2-7(8)4-11/h2-3H,4-6,11H2,1H3. The van der Waals surface area contributed by atoms with Crippen LogP contribution < -0.4 is 19.9 Å². The summed E-state index contributed by atoms with van der Waals surface area (Å²) in [6, 6.07) is 3.59. The molecule has 0 fully saturated rings. The van der Waals surface area contributed by atoms with E-state index in [2.05, 4.69) is 0 Å². The van der Waals surface area contributed by atoms with Gasteiger partial charge in [0, 0.05) is 25.3 Å². The Hall–Kier alpha value is -1.46. The summed E-state index contributed by atoms with van der Waals surface area (Å²) in [5.74, 6) is 2.06. The minimum absolute atomic E-state index is 0.187. The van der Waals surface area contributed by atoms with E-state index in [1.807, 2.05) is 6.07 Å². The van der Waals surface area contributed by atoms with E-state index in [0.29, 0.717) is 23.8 Å². The lowest BCUT2D eigenvalue weighted by molar-refractivity contribution is 0.0503. The first kappa shape index (κ1) is 10.1. The average molecular weight is 211 g/mol. The second-order valence-corrected chi connectivity index (χ2v) is 3.07. The molecule has 2 rings (SSSR count). The third kappa shape index (κ3) is 1.98. The lowest BCUT2D eigenvalue weighted by Crippen LogP contribution is -2.04. The lowest BCUT2D eigenvalue weighted by atomic mass is 10.2. The molecule has 5 nitrogen and oxygen atoms in total. The summed E-state index contributed by atoms with van der Waals surface area (Å²) in [6.45, 7) is 0.815. The molecule has 2 N–H and O–H groups in total. The first-order valence-corrected chi connectivity index (χ1v) is 4.59. The zero-order valence-electron chi connectivity index (χ0n) is 8.49. The van der Waals surface area contributed by atoms with E-state index in [4.69, 9.17) is 24.7 Å². The van der Waals surface area contributed by atoms with Crippen molar-refractivity contribution in [3.8, 4) is 17.2 Å². The number of hydrogen-bond acceptors (Lipinski definition) is 5. The molecular formula is C10H13NO4. The molecule has 0 radical (unpaired) electrons. The van der Waals surface area contributed by atoms with Crippen molar-refractivity contribution in [2.24, 2.45) is 5.73 Å². The van der Waals surface area contributed by atoms with E-state index in [1.165, 1.54) is 0 Å². The summed E-state index contributed by atoms with van der Waals surface area (Å²) < 4.78 is 20.7. The van der Waals surface area contributed by atoms with Crippen LogP contribution in [0.1, 0.15) is 5.56 Å². The third-order valence-electron chi connectivity index (χ3n) is 2.11. The summed E-state index contributed by atoms with van der Waals surface area (Å²) in [7, 11) is 1.56. The molecule has 82 valence electrons. The van der Waals surface area contributed by atoms with Gasteiger partial charge < -0.3 is 24.7 Å². The van der Waals surface area contributed by atoms with Gasteiger partial charge in [0.05, 0.1) is 0 Å². The Morgan fingerprint density at radius 3 is 2.73 bits per heavy atom. The molecule has 1 aromatic carbocycles. The van der Waals surface area contributed by atoms with Crippen LogP contribution in [0.15, 0.2) is 12.1 Å². The van der Waals surface area contributed by atoms with Crippen molar-refractivity contribution in [3.63, 3.8) is 0 Å². The maximum absolute atomic E-state index is 5.60. The highest BCUT2D eigenvalue weighted by Crippen LogP contribution is 2.37. The Morgan fingerprint density at radius 1 is 1.33 bits per heavy atom. The summed E-state index contributed by atoms with van der Waals surface area (Å²) in [6.07, 6.45) is 0. The van der Waals surface area contributed by atoms with Gasteiger partial charge in [-0.2, -0.15) is 0 Å². The fourth-order valence-electron chi connectivity index (χ4n) is 1.38. The molecule has 5 heteroatoms. The molecule has 0 aromatic heterocycles. The number of fused-ring (bicyclic) bond motifs is 1. The topological polar surface area (TPSA) is 62.9 Å². The molecule has 1 aliphatic rings. The summed E-state index contributed by atoms with van der Waals surface area (Å²) in [4.78, 5) is 0. The van der Waals surface area contributed by atoms with Crippen LogP contribution in [0.5, 0.6) is 17.2 Å². The number of ether oxygens (including phenoxy) is 4. The number of nitrogens with two attached hydrogens (primary N) is 1. The van der Waals surface area contributed by atoms with Crippen molar-refractivity contribution < 1.29 is 18.9 Å². The van der Waals surface area contributed by atoms with Gasteiger partial charge in [-0.05, 0) is 6.07 Å². The van der Waals surface area contributed by atoms with Crippen molar-refractivity contribution in [2.75, 3.05) is 20.7 Å². The van der Waals surface area contributed by atoms with E-state index in [0.717, 1.165) is 5.56 Å². The molecule has 1 aliphatic heterocycles. The van der Waals surface area contributed by atoms with Crippen molar-refractivity contribution >= 4 is 0 Å². The quantitative estimate of drug-likeness (QED) is 0.748. The number of methoxy groups -OCH3 is 1. The number of rotatable bonds is 4.